The minimum atomic E-state index is 0.621. The maximum atomic E-state index is 5.97. The molecule has 1 fully saturated rings. The van der Waals surface area contributed by atoms with Gasteiger partial charge in [-0.2, -0.15) is 4.40 Å². The zero-order valence-electron chi connectivity index (χ0n) is 13.1. The highest BCUT2D eigenvalue weighted by molar-refractivity contribution is 5.89. The Balaban J connectivity index is 1.98. The van der Waals surface area contributed by atoms with Gasteiger partial charge in [0.05, 0.1) is 0 Å². The van der Waals surface area contributed by atoms with E-state index < -0.39 is 0 Å². The summed E-state index contributed by atoms with van der Waals surface area (Å²) in [4.78, 5) is 0. The molecular weight excluding hydrogens is 282 g/mol. The lowest BCUT2D eigenvalue weighted by Crippen LogP contribution is -2.37. The molecule has 0 radical (unpaired) electrons. The Morgan fingerprint density at radius 1 is 0.913 bits per heavy atom. The third-order valence-electron chi connectivity index (χ3n) is 5.25. The second kappa shape index (κ2) is 4.72. The van der Waals surface area contributed by atoms with Crippen LogP contribution in [0, 0.1) is 0 Å². The predicted octanol–water partition coefficient (Wildman–Crippen LogP) is 4.23. The average Bonchev–Trinajstić information content (AvgIpc) is 3.19. The van der Waals surface area contributed by atoms with Crippen LogP contribution < -0.4 is 10.3 Å². The van der Waals surface area contributed by atoms with Crippen molar-refractivity contribution in [2.45, 2.75) is 31.7 Å². The third-order valence-corrected chi connectivity index (χ3v) is 5.25. The number of nitrogens with two attached hydrogens (primary N) is 1. The van der Waals surface area contributed by atoms with Crippen LogP contribution in [-0.4, -0.2) is 4.40 Å². The van der Waals surface area contributed by atoms with Gasteiger partial charge in [-0.3, -0.25) is 0 Å². The lowest BCUT2D eigenvalue weighted by Gasteiger charge is -2.07. The normalized spacial score (nSPS) is 16.0. The number of pyridine rings is 1. The summed E-state index contributed by atoms with van der Waals surface area (Å²) in [6.45, 7) is 0. The number of anilines is 1. The van der Waals surface area contributed by atoms with Crippen molar-refractivity contribution in [1.82, 2.24) is 4.40 Å². The molecule has 1 aliphatic carbocycles. The van der Waals surface area contributed by atoms with Crippen LogP contribution in [-0.2, 0) is 0 Å². The number of nitrogen functional groups attached to an aromatic ring is 1. The summed E-state index contributed by atoms with van der Waals surface area (Å²) in [5.41, 5.74) is 11.9. The van der Waals surface area contributed by atoms with Gasteiger partial charge in [-0.25, -0.2) is 4.57 Å². The van der Waals surface area contributed by atoms with E-state index in [1.165, 1.54) is 53.3 Å². The maximum absolute atomic E-state index is 5.97. The molecule has 23 heavy (non-hydrogen) atoms. The molecule has 0 bridgehead atoms. The van der Waals surface area contributed by atoms with Crippen LogP contribution in [0.2, 0.25) is 0 Å². The van der Waals surface area contributed by atoms with Crippen molar-refractivity contribution in [3.05, 3.63) is 54.6 Å². The molecule has 2 aromatic heterocycles. The van der Waals surface area contributed by atoms with Crippen LogP contribution >= 0.6 is 0 Å². The van der Waals surface area contributed by atoms with Gasteiger partial charge in [0, 0.05) is 17.1 Å². The summed E-state index contributed by atoms with van der Waals surface area (Å²) in [5, 5.41) is 1.19. The first kappa shape index (κ1) is 12.9. The zero-order valence-corrected chi connectivity index (χ0v) is 13.1. The highest BCUT2D eigenvalue weighted by Gasteiger charge is 2.29. The van der Waals surface area contributed by atoms with Crippen molar-refractivity contribution >= 4 is 33.3 Å². The molecule has 2 N–H and O–H groups in total. The smallest absolute Gasteiger partial charge is 0.287 e. The fourth-order valence-corrected chi connectivity index (χ4v) is 4.24. The molecule has 1 saturated carbocycles. The SMILES string of the molecule is Nc1ccc2c(ccc3n2c2ccccc2[n+]3C2CCCC2)c1. The quantitative estimate of drug-likeness (QED) is 0.414. The Hall–Kier alpha value is -2.55. The molecule has 3 heteroatoms. The molecule has 0 atom stereocenters. The highest BCUT2D eigenvalue weighted by Crippen LogP contribution is 2.30. The summed E-state index contributed by atoms with van der Waals surface area (Å²) in [7, 11) is 0. The molecule has 0 unspecified atom stereocenters. The van der Waals surface area contributed by atoms with E-state index in [0.29, 0.717) is 6.04 Å². The maximum Gasteiger partial charge on any atom is 0.287 e. The third kappa shape index (κ3) is 1.79. The van der Waals surface area contributed by atoms with Crippen molar-refractivity contribution in [2.24, 2.45) is 0 Å². The Morgan fingerprint density at radius 2 is 1.74 bits per heavy atom. The summed E-state index contributed by atoms with van der Waals surface area (Å²) in [5.74, 6) is 0. The van der Waals surface area contributed by atoms with Crippen LogP contribution in [0.3, 0.4) is 0 Å². The van der Waals surface area contributed by atoms with Gasteiger partial charge in [0.2, 0.25) is 0 Å². The molecule has 0 spiro atoms. The fourth-order valence-electron chi connectivity index (χ4n) is 4.24. The standard InChI is InChI=1S/C20H20N3/c21-15-10-11-17-14(13-15)9-12-20-22(16-5-1-2-6-16)18-7-3-4-8-19(18)23(17)20/h3-4,7-13,16H,1-2,5-6,21H2/q+1. The first-order chi connectivity index (χ1) is 11.3. The van der Waals surface area contributed by atoms with Gasteiger partial charge in [-0.05, 0) is 62.1 Å². The molecule has 0 saturated heterocycles. The van der Waals surface area contributed by atoms with Crippen LogP contribution in [0.25, 0.3) is 27.6 Å². The molecule has 1 aliphatic rings. The molecular formula is C20H20N3+. The Labute approximate surface area is 135 Å². The Kier molecular flexibility index (Phi) is 2.66. The molecule has 5 rings (SSSR count). The van der Waals surface area contributed by atoms with E-state index in [-0.39, 0.29) is 0 Å². The van der Waals surface area contributed by atoms with E-state index in [0.717, 1.165) is 5.69 Å². The predicted molar refractivity (Wildman–Crippen MR) is 94.5 cm³/mol. The van der Waals surface area contributed by atoms with Crippen LogP contribution in [0.1, 0.15) is 31.7 Å². The summed E-state index contributed by atoms with van der Waals surface area (Å²) < 4.78 is 4.94. The van der Waals surface area contributed by atoms with E-state index in [2.05, 4.69) is 57.5 Å². The van der Waals surface area contributed by atoms with E-state index >= 15 is 0 Å². The topological polar surface area (TPSA) is 34.3 Å². The number of hydrogen-bond acceptors (Lipinski definition) is 1. The average molecular weight is 302 g/mol. The number of aromatic nitrogens is 2. The first-order valence-electron chi connectivity index (χ1n) is 8.46. The van der Waals surface area contributed by atoms with Crippen molar-refractivity contribution in [1.29, 1.82) is 0 Å². The van der Waals surface area contributed by atoms with Crippen LogP contribution in [0.5, 0.6) is 0 Å². The molecule has 4 aromatic rings. The zero-order chi connectivity index (χ0) is 15.4. The minimum Gasteiger partial charge on any atom is -0.399 e. The van der Waals surface area contributed by atoms with Gasteiger partial charge in [0.15, 0.2) is 11.0 Å². The highest BCUT2D eigenvalue weighted by atomic mass is 15.1. The molecule has 3 nitrogen and oxygen atoms in total. The minimum absolute atomic E-state index is 0.621. The number of hydrogen-bond donors (Lipinski definition) is 1. The Morgan fingerprint density at radius 3 is 2.61 bits per heavy atom. The largest absolute Gasteiger partial charge is 0.399 e. The summed E-state index contributed by atoms with van der Waals surface area (Å²) in [6.07, 6.45) is 5.25. The number of benzene rings is 2. The fraction of sp³-hybridized carbons (Fsp3) is 0.250. The second-order valence-corrected chi connectivity index (χ2v) is 6.64. The number of rotatable bonds is 1. The lowest BCUT2D eigenvalue weighted by atomic mass is 10.2. The van der Waals surface area contributed by atoms with E-state index in [4.69, 9.17) is 5.73 Å². The van der Waals surface area contributed by atoms with E-state index in [1.54, 1.807) is 0 Å². The van der Waals surface area contributed by atoms with Gasteiger partial charge in [-0.15, -0.1) is 0 Å². The number of imidazole rings is 1. The van der Waals surface area contributed by atoms with Gasteiger partial charge in [-0.1, -0.05) is 12.1 Å². The van der Waals surface area contributed by atoms with Gasteiger partial charge >= 0.3 is 0 Å². The monoisotopic (exact) mass is 302 g/mol. The summed E-state index contributed by atoms with van der Waals surface area (Å²) in [6, 6.07) is 20.0. The van der Waals surface area contributed by atoms with Gasteiger partial charge < -0.3 is 5.73 Å². The Bertz CT molecular complexity index is 1040. The number of nitrogens with zero attached hydrogens (tertiary/aromatic N) is 2. The lowest BCUT2D eigenvalue weighted by molar-refractivity contribution is -0.672. The van der Waals surface area contributed by atoms with Gasteiger partial charge in [0.25, 0.3) is 5.65 Å². The van der Waals surface area contributed by atoms with Crippen molar-refractivity contribution in [3.8, 4) is 0 Å². The van der Waals surface area contributed by atoms with E-state index in [1.807, 2.05) is 6.07 Å². The summed E-state index contributed by atoms with van der Waals surface area (Å²) >= 11 is 0. The number of fused-ring (bicyclic) bond motifs is 5. The molecule has 114 valence electrons. The van der Waals surface area contributed by atoms with Crippen molar-refractivity contribution < 1.29 is 4.57 Å². The number of para-hydroxylation sites is 2. The van der Waals surface area contributed by atoms with Crippen molar-refractivity contribution in [2.75, 3.05) is 5.73 Å². The molecule has 2 heterocycles. The van der Waals surface area contributed by atoms with Crippen molar-refractivity contribution in [3.63, 3.8) is 0 Å². The second-order valence-electron chi connectivity index (χ2n) is 6.64. The van der Waals surface area contributed by atoms with Gasteiger partial charge in [0.1, 0.15) is 11.6 Å². The van der Waals surface area contributed by atoms with Crippen LogP contribution in [0.15, 0.2) is 54.6 Å². The molecule has 0 amide bonds. The first-order valence-corrected chi connectivity index (χ1v) is 8.46. The molecule has 0 aliphatic heterocycles. The molecule has 2 aromatic carbocycles. The van der Waals surface area contributed by atoms with Crippen LogP contribution in [0.4, 0.5) is 5.69 Å². The van der Waals surface area contributed by atoms with E-state index in [9.17, 15) is 0 Å².